The van der Waals surface area contributed by atoms with Gasteiger partial charge in [0.05, 0.1) is 16.4 Å². The summed E-state index contributed by atoms with van der Waals surface area (Å²) in [5.41, 5.74) is 2.08. The summed E-state index contributed by atoms with van der Waals surface area (Å²) in [4.78, 5) is 4.07. The number of unbranched alkanes of at least 4 members (excludes halogenated alkanes) is 1. The molecule has 4 rings (SSSR count). The van der Waals surface area contributed by atoms with E-state index in [1.54, 1.807) is 16.8 Å². The third kappa shape index (κ3) is 5.38. The summed E-state index contributed by atoms with van der Waals surface area (Å²) in [5, 5.41) is 8.20. The summed E-state index contributed by atoms with van der Waals surface area (Å²) in [6.45, 7) is 0.621. The van der Waals surface area contributed by atoms with Crippen molar-refractivity contribution in [1.82, 2.24) is 19.3 Å². The summed E-state index contributed by atoms with van der Waals surface area (Å²) in [6.07, 6.45) is 2.75. The maximum absolute atomic E-state index is 13.8. The molecule has 0 unspecified atom stereocenters. The normalized spacial score (nSPS) is 11.8. The number of rotatable bonds is 9. The molecule has 0 saturated heterocycles. The molecule has 12 heteroatoms. The van der Waals surface area contributed by atoms with Gasteiger partial charge in [0.1, 0.15) is 22.3 Å². The van der Waals surface area contributed by atoms with Crippen LogP contribution in [0.3, 0.4) is 0 Å². The van der Waals surface area contributed by atoms with Gasteiger partial charge in [-0.1, -0.05) is 29.8 Å². The molecule has 2 aromatic carbocycles. The summed E-state index contributed by atoms with van der Waals surface area (Å²) < 4.78 is 56.0. The molecule has 0 amide bonds. The van der Waals surface area contributed by atoms with Crippen molar-refractivity contribution < 1.29 is 17.2 Å². The lowest BCUT2D eigenvalue weighted by Gasteiger charge is -2.12. The second-order valence-electron chi connectivity index (χ2n) is 7.34. The molecule has 0 saturated carbocycles. The van der Waals surface area contributed by atoms with Crippen molar-refractivity contribution in [3.63, 3.8) is 0 Å². The summed E-state index contributed by atoms with van der Waals surface area (Å²) in [6, 6.07) is 11.6. The van der Waals surface area contributed by atoms with E-state index in [1.807, 2.05) is 24.3 Å². The van der Waals surface area contributed by atoms with Crippen LogP contribution in [0, 0.1) is 11.6 Å². The molecule has 2 N–H and O–H groups in total. The van der Waals surface area contributed by atoms with Crippen molar-refractivity contribution in [2.75, 3.05) is 18.4 Å². The lowest BCUT2D eigenvalue weighted by Crippen LogP contribution is -2.26. The highest BCUT2D eigenvalue weighted by Crippen LogP contribution is 2.30. The van der Waals surface area contributed by atoms with Crippen molar-refractivity contribution in [3.05, 3.63) is 75.9 Å². The zero-order valence-corrected chi connectivity index (χ0v) is 20.8. The fourth-order valence-corrected chi connectivity index (χ4v) is 5.02. The van der Waals surface area contributed by atoms with E-state index in [-0.39, 0.29) is 6.54 Å². The standard InChI is InChI=1S/C22H19BrClF2N5O2S/c23-16-13-28-31-21(12-19(30-22(16)31)15-5-1-2-6-17(15)24)27-9-3-4-10-29-34(32,33)20-8-7-14(25)11-18(20)26/h1-2,5-8,11-13,27,29H,3-4,9-10H2. The Labute approximate surface area is 208 Å². The minimum absolute atomic E-state index is 0.102. The number of aromatic nitrogens is 3. The Morgan fingerprint density at radius 2 is 1.82 bits per heavy atom. The first kappa shape index (κ1) is 24.5. The number of fused-ring (bicyclic) bond motifs is 1. The topological polar surface area (TPSA) is 88.4 Å². The van der Waals surface area contributed by atoms with Gasteiger partial charge in [-0.3, -0.25) is 0 Å². The van der Waals surface area contributed by atoms with Gasteiger partial charge in [-0.2, -0.15) is 9.61 Å². The lowest BCUT2D eigenvalue weighted by atomic mass is 10.1. The predicted molar refractivity (Wildman–Crippen MR) is 130 cm³/mol. The van der Waals surface area contributed by atoms with E-state index < -0.39 is 26.6 Å². The van der Waals surface area contributed by atoms with Crippen molar-refractivity contribution in [2.24, 2.45) is 0 Å². The third-order valence-electron chi connectivity index (χ3n) is 4.96. The number of benzene rings is 2. The average molecular weight is 571 g/mol. The molecule has 0 atom stereocenters. The monoisotopic (exact) mass is 569 g/mol. The quantitative estimate of drug-likeness (QED) is 0.268. The molecule has 0 fully saturated rings. The molecule has 7 nitrogen and oxygen atoms in total. The van der Waals surface area contributed by atoms with Crippen LogP contribution in [0.4, 0.5) is 14.6 Å². The van der Waals surface area contributed by atoms with Crippen molar-refractivity contribution in [3.8, 4) is 11.3 Å². The molecule has 0 aliphatic carbocycles. The fraction of sp³-hybridized carbons (Fsp3) is 0.182. The van der Waals surface area contributed by atoms with E-state index in [0.29, 0.717) is 47.6 Å². The minimum Gasteiger partial charge on any atom is -0.370 e. The van der Waals surface area contributed by atoms with Crippen molar-refractivity contribution >= 4 is 49.0 Å². The van der Waals surface area contributed by atoms with E-state index in [4.69, 9.17) is 11.6 Å². The Kier molecular flexibility index (Phi) is 7.46. The smallest absolute Gasteiger partial charge is 0.243 e. The van der Waals surface area contributed by atoms with Gasteiger partial charge in [0.2, 0.25) is 10.0 Å². The maximum atomic E-state index is 13.8. The Hall–Kier alpha value is -2.60. The number of halogens is 4. The predicted octanol–water partition coefficient (Wildman–Crippen LogP) is 5.26. The van der Waals surface area contributed by atoms with Crippen LogP contribution in [-0.2, 0) is 10.0 Å². The minimum atomic E-state index is -4.07. The highest BCUT2D eigenvalue weighted by molar-refractivity contribution is 9.10. The Morgan fingerprint density at radius 3 is 2.59 bits per heavy atom. The molecule has 0 aliphatic rings. The summed E-state index contributed by atoms with van der Waals surface area (Å²) >= 11 is 9.80. The van der Waals surface area contributed by atoms with Gasteiger partial charge in [0.25, 0.3) is 0 Å². The van der Waals surface area contributed by atoms with Gasteiger partial charge in [-0.05, 0) is 47.0 Å². The van der Waals surface area contributed by atoms with Crippen molar-refractivity contribution in [1.29, 1.82) is 0 Å². The molecule has 2 heterocycles. The first-order valence-corrected chi connectivity index (χ1v) is 12.9. The Bertz CT molecular complexity index is 1450. The number of hydrogen-bond donors (Lipinski definition) is 2. The number of nitrogens with zero attached hydrogens (tertiary/aromatic N) is 3. The van der Waals surface area contributed by atoms with Crippen LogP contribution in [0.1, 0.15) is 12.8 Å². The molecular weight excluding hydrogens is 552 g/mol. The number of anilines is 1. The van der Waals surface area contributed by atoms with Crippen LogP contribution in [-0.4, -0.2) is 36.1 Å². The zero-order valence-electron chi connectivity index (χ0n) is 17.6. The highest BCUT2D eigenvalue weighted by atomic mass is 79.9. The number of nitrogens with one attached hydrogen (secondary N) is 2. The molecule has 0 spiro atoms. The fourth-order valence-electron chi connectivity index (χ4n) is 3.31. The van der Waals surface area contributed by atoms with Gasteiger partial charge >= 0.3 is 0 Å². The van der Waals surface area contributed by atoms with Crippen LogP contribution < -0.4 is 10.0 Å². The van der Waals surface area contributed by atoms with Gasteiger partial charge in [0.15, 0.2) is 5.65 Å². The van der Waals surface area contributed by atoms with E-state index >= 15 is 0 Å². The van der Waals surface area contributed by atoms with Crippen molar-refractivity contribution in [2.45, 2.75) is 17.7 Å². The molecular formula is C22H19BrClF2N5O2S. The van der Waals surface area contributed by atoms with Gasteiger partial charge in [-0.15, -0.1) is 0 Å². The average Bonchev–Trinajstić information content (AvgIpc) is 3.17. The summed E-state index contributed by atoms with van der Waals surface area (Å²) in [5.74, 6) is -1.27. The molecule has 0 radical (unpaired) electrons. The van der Waals surface area contributed by atoms with Crippen LogP contribution in [0.25, 0.3) is 16.9 Å². The molecule has 34 heavy (non-hydrogen) atoms. The van der Waals surface area contributed by atoms with Gasteiger partial charge < -0.3 is 5.32 Å². The first-order chi connectivity index (χ1) is 16.3. The molecule has 2 aromatic heterocycles. The summed E-state index contributed by atoms with van der Waals surface area (Å²) in [7, 11) is -4.07. The van der Waals surface area contributed by atoms with Crippen LogP contribution >= 0.6 is 27.5 Å². The van der Waals surface area contributed by atoms with Gasteiger partial charge in [-0.25, -0.2) is 26.9 Å². The Balaban J connectivity index is 1.39. The largest absolute Gasteiger partial charge is 0.370 e. The van der Waals surface area contributed by atoms with Crippen LogP contribution in [0.15, 0.2) is 64.1 Å². The molecule has 0 aliphatic heterocycles. The van der Waals surface area contributed by atoms with E-state index in [1.165, 1.54) is 0 Å². The molecule has 0 bridgehead atoms. The number of hydrogen-bond acceptors (Lipinski definition) is 5. The zero-order chi connectivity index (χ0) is 24.3. The number of sulfonamides is 1. The van der Waals surface area contributed by atoms with E-state index in [9.17, 15) is 17.2 Å². The van der Waals surface area contributed by atoms with E-state index in [2.05, 4.69) is 36.1 Å². The van der Waals surface area contributed by atoms with E-state index in [0.717, 1.165) is 22.2 Å². The van der Waals surface area contributed by atoms with Crippen LogP contribution in [0.5, 0.6) is 0 Å². The third-order valence-corrected chi connectivity index (χ3v) is 7.35. The maximum Gasteiger partial charge on any atom is 0.243 e. The molecule has 178 valence electrons. The Morgan fingerprint density at radius 1 is 1.06 bits per heavy atom. The SMILES string of the molecule is O=S(=O)(NCCCCNc1cc(-c2ccccc2Cl)nc2c(Br)cnn12)c1ccc(F)cc1F. The lowest BCUT2D eigenvalue weighted by molar-refractivity contribution is 0.542. The highest BCUT2D eigenvalue weighted by Gasteiger charge is 2.19. The van der Waals surface area contributed by atoms with Crippen LogP contribution in [0.2, 0.25) is 5.02 Å². The molecule has 4 aromatic rings. The second kappa shape index (κ2) is 10.3. The van der Waals surface area contributed by atoms with Gasteiger partial charge in [0, 0.05) is 35.8 Å². The second-order valence-corrected chi connectivity index (χ2v) is 10.3. The first-order valence-electron chi connectivity index (χ1n) is 10.2.